The van der Waals surface area contributed by atoms with Crippen LogP contribution in [0.25, 0.3) is 6.08 Å². The molecule has 1 amide bonds. The first-order chi connectivity index (χ1) is 16.6. The van der Waals surface area contributed by atoms with Gasteiger partial charge in [-0.25, -0.2) is 9.59 Å². The molecule has 0 aliphatic rings. The van der Waals surface area contributed by atoms with E-state index in [4.69, 9.17) is 14.2 Å². The number of benzene rings is 2. The number of rotatable bonds is 7. The van der Waals surface area contributed by atoms with Gasteiger partial charge in [-0.05, 0) is 78.2 Å². The van der Waals surface area contributed by atoms with Crippen molar-refractivity contribution >= 4 is 24.1 Å². The van der Waals surface area contributed by atoms with Crippen molar-refractivity contribution in [1.29, 1.82) is 0 Å². The maximum Gasteiger partial charge on any atom is 0.412 e. The van der Waals surface area contributed by atoms with Crippen LogP contribution < -0.4 is 5.32 Å². The third-order valence-electron chi connectivity index (χ3n) is 4.92. The van der Waals surface area contributed by atoms with Crippen molar-refractivity contribution < 1.29 is 28.6 Å². The number of carbonyl (C=O) groups excluding carboxylic acids is 3. The second-order valence-corrected chi connectivity index (χ2v) is 11.0. The zero-order chi connectivity index (χ0) is 27.1. The molecule has 2 rings (SSSR count). The molecule has 0 spiro atoms. The van der Waals surface area contributed by atoms with Crippen LogP contribution in [0, 0.1) is 0 Å². The molecule has 194 valence electrons. The molecule has 0 saturated heterocycles. The molecule has 0 aliphatic heterocycles. The molecule has 0 unspecified atom stereocenters. The molecule has 0 radical (unpaired) electrons. The summed E-state index contributed by atoms with van der Waals surface area (Å²) >= 11 is 0. The Hall–Kier alpha value is -3.61. The summed E-state index contributed by atoms with van der Waals surface area (Å²) in [5.41, 5.74) is -0.0849. The van der Waals surface area contributed by atoms with E-state index in [1.807, 2.05) is 51.1 Å². The number of alkyl carbamates (subject to hydrolysis) is 1. The summed E-state index contributed by atoms with van der Waals surface area (Å²) in [6.07, 6.45) is 0.731. The molecule has 2 aromatic rings. The lowest BCUT2D eigenvalue weighted by Gasteiger charge is -2.28. The number of hydrogen-bond acceptors (Lipinski definition) is 6. The largest absolute Gasteiger partial charge is 0.459 e. The normalized spacial score (nSPS) is 12.5. The Morgan fingerprint density at radius 1 is 0.778 bits per heavy atom. The Kier molecular flexibility index (Phi) is 9.08. The van der Waals surface area contributed by atoms with Crippen molar-refractivity contribution in [2.75, 3.05) is 0 Å². The van der Waals surface area contributed by atoms with Gasteiger partial charge < -0.3 is 14.2 Å². The SMILES string of the molecule is CC(C)(C)OC(=O)N/C(=C\c1ccc(C(C)(C)C(=O)OC(C)(C)C)cc1)C(=O)OCc1ccccc1. The van der Waals surface area contributed by atoms with Crippen LogP contribution in [0.2, 0.25) is 0 Å². The summed E-state index contributed by atoms with van der Waals surface area (Å²) in [6.45, 7) is 14.3. The van der Waals surface area contributed by atoms with Gasteiger partial charge >= 0.3 is 18.0 Å². The Labute approximate surface area is 213 Å². The Balaban J connectivity index is 2.27. The van der Waals surface area contributed by atoms with Gasteiger partial charge in [-0.2, -0.15) is 0 Å². The first-order valence-corrected chi connectivity index (χ1v) is 11.8. The van der Waals surface area contributed by atoms with E-state index in [1.54, 1.807) is 58.9 Å². The highest BCUT2D eigenvalue weighted by molar-refractivity contribution is 5.96. The van der Waals surface area contributed by atoms with E-state index < -0.39 is 28.7 Å². The standard InChI is InChI=1S/C29H37NO6/c1-27(2,3)35-25(32)29(7,8)22-16-14-20(15-17-22)18-23(30-26(33)36-28(4,5)6)24(31)34-19-21-12-10-9-11-13-21/h9-18H,19H2,1-8H3,(H,30,33)/b23-18-. The van der Waals surface area contributed by atoms with Crippen LogP contribution in [0.1, 0.15) is 72.1 Å². The highest BCUT2D eigenvalue weighted by atomic mass is 16.6. The van der Waals surface area contributed by atoms with Gasteiger partial charge in [0, 0.05) is 0 Å². The Morgan fingerprint density at radius 2 is 1.33 bits per heavy atom. The zero-order valence-electron chi connectivity index (χ0n) is 22.4. The quantitative estimate of drug-likeness (QED) is 0.291. The molecule has 0 atom stereocenters. The molecular weight excluding hydrogens is 458 g/mol. The van der Waals surface area contributed by atoms with Gasteiger partial charge in [0.2, 0.25) is 0 Å². The second kappa shape index (κ2) is 11.4. The molecule has 2 aromatic carbocycles. The zero-order valence-corrected chi connectivity index (χ0v) is 22.4. The van der Waals surface area contributed by atoms with E-state index >= 15 is 0 Å². The molecule has 0 saturated carbocycles. The number of ether oxygens (including phenoxy) is 3. The van der Waals surface area contributed by atoms with Crippen molar-refractivity contribution in [3.05, 3.63) is 77.0 Å². The van der Waals surface area contributed by atoms with E-state index in [-0.39, 0.29) is 18.3 Å². The van der Waals surface area contributed by atoms with Crippen LogP contribution in [0.5, 0.6) is 0 Å². The smallest absolute Gasteiger partial charge is 0.412 e. The average Bonchev–Trinajstić information content (AvgIpc) is 2.75. The topological polar surface area (TPSA) is 90.9 Å². The summed E-state index contributed by atoms with van der Waals surface area (Å²) in [7, 11) is 0. The molecule has 7 nitrogen and oxygen atoms in total. The van der Waals surface area contributed by atoms with E-state index in [2.05, 4.69) is 5.32 Å². The first-order valence-electron chi connectivity index (χ1n) is 11.8. The predicted octanol–water partition coefficient (Wildman–Crippen LogP) is 5.91. The fourth-order valence-electron chi connectivity index (χ4n) is 3.05. The van der Waals surface area contributed by atoms with Gasteiger partial charge in [0.05, 0.1) is 5.41 Å². The molecule has 36 heavy (non-hydrogen) atoms. The summed E-state index contributed by atoms with van der Waals surface area (Å²) in [6, 6.07) is 16.3. The van der Waals surface area contributed by atoms with Crippen LogP contribution in [0.4, 0.5) is 4.79 Å². The highest BCUT2D eigenvalue weighted by Gasteiger charge is 2.34. The minimum Gasteiger partial charge on any atom is -0.459 e. The molecule has 7 heteroatoms. The van der Waals surface area contributed by atoms with Gasteiger partial charge in [-0.1, -0.05) is 54.6 Å². The maximum atomic E-state index is 12.8. The molecule has 0 bridgehead atoms. The minimum atomic E-state index is -0.873. The fraction of sp³-hybridized carbons (Fsp3) is 0.414. The molecule has 0 aromatic heterocycles. The minimum absolute atomic E-state index is 0.0516. The van der Waals surface area contributed by atoms with Crippen molar-refractivity contribution in [2.24, 2.45) is 0 Å². The summed E-state index contributed by atoms with van der Waals surface area (Å²) < 4.78 is 16.3. The van der Waals surface area contributed by atoms with Gasteiger partial charge in [0.1, 0.15) is 23.5 Å². The first kappa shape index (κ1) is 28.6. The number of amides is 1. The van der Waals surface area contributed by atoms with Gasteiger partial charge in [-0.3, -0.25) is 10.1 Å². The second-order valence-electron chi connectivity index (χ2n) is 11.0. The van der Waals surface area contributed by atoms with Gasteiger partial charge in [0.15, 0.2) is 0 Å². The molecule has 1 N–H and O–H groups in total. The Morgan fingerprint density at radius 3 is 1.86 bits per heavy atom. The van der Waals surface area contributed by atoms with Crippen molar-refractivity contribution in [2.45, 2.75) is 78.6 Å². The third kappa shape index (κ3) is 9.21. The monoisotopic (exact) mass is 495 g/mol. The van der Waals surface area contributed by atoms with Crippen LogP contribution in [0.3, 0.4) is 0 Å². The fourth-order valence-corrected chi connectivity index (χ4v) is 3.05. The number of hydrogen-bond donors (Lipinski definition) is 1. The van der Waals surface area contributed by atoms with Crippen LogP contribution in [-0.2, 0) is 35.8 Å². The lowest BCUT2D eigenvalue weighted by atomic mass is 9.84. The van der Waals surface area contributed by atoms with E-state index in [9.17, 15) is 14.4 Å². The number of nitrogens with one attached hydrogen (secondary N) is 1. The number of carbonyl (C=O) groups is 3. The Bertz CT molecular complexity index is 1090. The summed E-state index contributed by atoms with van der Waals surface area (Å²) in [4.78, 5) is 37.9. The summed E-state index contributed by atoms with van der Waals surface area (Å²) in [5, 5.41) is 2.50. The lowest BCUT2D eigenvalue weighted by molar-refractivity contribution is -0.160. The predicted molar refractivity (Wildman–Crippen MR) is 139 cm³/mol. The number of esters is 2. The third-order valence-corrected chi connectivity index (χ3v) is 4.92. The van der Waals surface area contributed by atoms with Crippen molar-refractivity contribution in [3.63, 3.8) is 0 Å². The molecule has 0 aliphatic carbocycles. The van der Waals surface area contributed by atoms with Crippen molar-refractivity contribution in [3.8, 4) is 0 Å². The van der Waals surface area contributed by atoms with E-state index in [0.717, 1.165) is 11.1 Å². The summed E-state index contributed by atoms with van der Waals surface area (Å²) in [5.74, 6) is -1.04. The average molecular weight is 496 g/mol. The highest BCUT2D eigenvalue weighted by Crippen LogP contribution is 2.27. The van der Waals surface area contributed by atoms with Crippen LogP contribution in [0.15, 0.2) is 60.3 Å². The molecule has 0 heterocycles. The van der Waals surface area contributed by atoms with Crippen LogP contribution in [-0.4, -0.2) is 29.2 Å². The molecule has 0 fully saturated rings. The van der Waals surface area contributed by atoms with Crippen molar-refractivity contribution in [1.82, 2.24) is 5.32 Å². The lowest BCUT2D eigenvalue weighted by Crippen LogP contribution is -2.36. The van der Waals surface area contributed by atoms with E-state index in [0.29, 0.717) is 5.56 Å². The van der Waals surface area contributed by atoms with Gasteiger partial charge in [0.25, 0.3) is 0 Å². The van der Waals surface area contributed by atoms with E-state index in [1.165, 1.54) is 6.08 Å². The van der Waals surface area contributed by atoms with Gasteiger partial charge in [-0.15, -0.1) is 0 Å². The maximum absolute atomic E-state index is 12.8. The van der Waals surface area contributed by atoms with Crippen LogP contribution >= 0.6 is 0 Å². The molecular formula is C29H37NO6.